The minimum absolute atomic E-state index is 0.101. The first-order chi connectivity index (χ1) is 15.6. The van der Waals surface area contributed by atoms with Gasteiger partial charge in [0.2, 0.25) is 5.91 Å². The number of sulfone groups is 1. The van der Waals surface area contributed by atoms with Gasteiger partial charge in [0.15, 0.2) is 9.84 Å². The van der Waals surface area contributed by atoms with Crippen LogP contribution in [0, 0.1) is 0 Å². The Hall–Kier alpha value is -2.64. The third-order valence-corrected chi connectivity index (χ3v) is 8.25. The molecular weight excluding hydrogens is 436 g/mol. The Morgan fingerprint density at radius 3 is 2.61 bits per heavy atom. The van der Waals surface area contributed by atoms with Gasteiger partial charge in [0.05, 0.1) is 21.9 Å². The number of amides is 1. The molecule has 2 heterocycles. The molecule has 0 spiro atoms. The number of benzene rings is 2. The quantitative estimate of drug-likeness (QED) is 0.632. The van der Waals surface area contributed by atoms with Crippen LogP contribution in [0.5, 0.6) is 0 Å². The van der Waals surface area contributed by atoms with Gasteiger partial charge in [-0.3, -0.25) is 4.79 Å². The Bertz CT molecular complexity index is 1170. The number of hydrogen-bond acceptors (Lipinski definition) is 5. The van der Waals surface area contributed by atoms with E-state index in [0.29, 0.717) is 17.7 Å². The van der Waals surface area contributed by atoms with Gasteiger partial charge in [-0.05, 0) is 49.6 Å². The molecule has 33 heavy (non-hydrogen) atoms. The number of ether oxygens (including phenoxy) is 1. The number of hydrogen-bond donors (Lipinski definition) is 1. The molecule has 0 saturated carbocycles. The van der Waals surface area contributed by atoms with Gasteiger partial charge in [0, 0.05) is 19.0 Å². The van der Waals surface area contributed by atoms with Gasteiger partial charge in [0.1, 0.15) is 12.3 Å². The van der Waals surface area contributed by atoms with E-state index in [1.165, 1.54) is 6.92 Å². The van der Waals surface area contributed by atoms with Gasteiger partial charge in [-0.2, -0.15) is 0 Å². The minimum Gasteiger partial charge on any atom is -0.348 e. The lowest BCUT2D eigenvalue weighted by atomic mass is 9.95. The van der Waals surface area contributed by atoms with Crippen molar-refractivity contribution in [1.82, 2.24) is 0 Å². The third kappa shape index (κ3) is 4.57. The molecule has 7 heteroatoms. The summed E-state index contributed by atoms with van der Waals surface area (Å²) in [5.41, 5.74) is 3.17. The number of fused-ring (bicyclic) bond motifs is 3. The highest BCUT2D eigenvalue weighted by Crippen LogP contribution is 2.48. The number of unbranched alkanes of at least 4 members (excludes halogenated alkanes) is 1. The number of carbonyl (C=O) groups is 1. The van der Waals surface area contributed by atoms with Crippen LogP contribution >= 0.6 is 0 Å². The second kappa shape index (κ2) is 8.95. The van der Waals surface area contributed by atoms with Crippen LogP contribution in [0.15, 0.2) is 53.4 Å². The molecule has 0 bridgehead atoms. The van der Waals surface area contributed by atoms with E-state index in [0.717, 1.165) is 28.9 Å². The summed E-state index contributed by atoms with van der Waals surface area (Å²) < 4.78 is 32.7. The van der Waals surface area contributed by atoms with Crippen molar-refractivity contribution in [1.29, 1.82) is 0 Å². The fourth-order valence-corrected chi connectivity index (χ4v) is 6.42. The molecule has 2 aromatic rings. The first kappa shape index (κ1) is 23.5. The number of carbonyl (C=O) groups excluding carboxylic acids is 1. The van der Waals surface area contributed by atoms with Crippen LogP contribution in [-0.2, 0) is 25.8 Å². The maximum Gasteiger partial charge on any atom is 0.221 e. The average Bonchev–Trinajstić information content (AvgIpc) is 3.25. The van der Waals surface area contributed by atoms with Crippen molar-refractivity contribution in [2.24, 2.45) is 0 Å². The topological polar surface area (TPSA) is 75.7 Å². The molecule has 2 unspecified atom stereocenters. The summed E-state index contributed by atoms with van der Waals surface area (Å²) in [7, 11) is -3.37. The monoisotopic (exact) mass is 468 g/mol. The van der Waals surface area contributed by atoms with Crippen LogP contribution in [0.25, 0.3) is 6.08 Å². The van der Waals surface area contributed by atoms with Gasteiger partial charge >= 0.3 is 0 Å². The Kier molecular flexibility index (Phi) is 6.38. The zero-order chi connectivity index (χ0) is 23.8. The fourth-order valence-electron chi connectivity index (χ4n) is 4.73. The maximum atomic E-state index is 13.1. The molecule has 0 aliphatic carbocycles. The van der Waals surface area contributed by atoms with Crippen molar-refractivity contribution in [3.05, 3.63) is 59.7 Å². The standard InChI is InChI=1S/C26H32N2O4S/c1-5-6-16-33(30,31)22-9-7-8-20-17-24-28(25(20)22)26(3,4)23(32-24)15-12-19-10-13-21(14-11-19)27-18(2)29/h7-15,23-24H,5-6,16-17H2,1-4H3,(H,27,29). The zero-order valence-electron chi connectivity index (χ0n) is 19.7. The Morgan fingerprint density at radius 2 is 1.94 bits per heavy atom. The summed E-state index contributed by atoms with van der Waals surface area (Å²) in [5, 5.41) is 2.77. The highest BCUT2D eigenvalue weighted by atomic mass is 32.2. The van der Waals surface area contributed by atoms with Gasteiger partial charge < -0.3 is 15.0 Å². The van der Waals surface area contributed by atoms with Gasteiger partial charge in [-0.1, -0.05) is 49.8 Å². The third-order valence-electron chi connectivity index (χ3n) is 6.42. The molecule has 0 aromatic heterocycles. The highest BCUT2D eigenvalue weighted by molar-refractivity contribution is 7.91. The Labute approximate surface area is 196 Å². The molecule has 2 aliphatic rings. The number of para-hydroxylation sites is 1. The maximum absolute atomic E-state index is 13.1. The first-order valence-electron chi connectivity index (χ1n) is 11.5. The number of nitrogens with zero attached hydrogens (tertiary/aromatic N) is 1. The molecule has 1 amide bonds. The van der Waals surface area contributed by atoms with Crippen LogP contribution in [0.2, 0.25) is 0 Å². The van der Waals surface area contributed by atoms with E-state index in [9.17, 15) is 13.2 Å². The fraction of sp³-hybridized carbons (Fsp3) is 0.423. The predicted molar refractivity (Wildman–Crippen MR) is 132 cm³/mol. The molecule has 2 aromatic carbocycles. The van der Waals surface area contributed by atoms with E-state index in [-0.39, 0.29) is 24.0 Å². The van der Waals surface area contributed by atoms with Crippen LogP contribution < -0.4 is 10.2 Å². The molecule has 2 atom stereocenters. The number of rotatable bonds is 7. The molecule has 2 aliphatic heterocycles. The lowest BCUT2D eigenvalue weighted by Gasteiger charge is -2.35. The molecule has 1 saturated heterocycles. The lowest BCUT2D eigenvalue weighted by molar-refractivity contribution is -0.114. The average molecular weight is 469 g/mol. The number of nitrogens with one attached hydrogen (secondary N) is 1. The second-order valence-corrected chi connectivity index (χ2v) is 11.4. The molecule has 0 radical (unpaired) electrons. The predicted octanol–water partition coefficient (Wildman–Crippen LogP) is 4.80. The van der Waals surface area contributed by atoms with Crippen molar-refractivity contribution in [2.75, 3.05) is 16.0 Å². The van der Waals surface area contributed by atoms with E-state index >= 15 is 0 Å². The Morgan fingerprint density at radius 1 is 1.21 bits per heavy atom. The lowest BCUT2D eigenvalue weighted by Crippen LogP contribution is -2.46. The van der Waals surface area contributed by atoms with E-state index in [4.69, 9.17) is 4.74 Å². The molecule has 1 N–H and O–H groups in total. The van der Waals surface area contributed by atoms with Crippen LogP contribution in [0.3, 0.4) is 0 Å². The first-order valence-corrected chi connectivity index (χ1v) is 13.1. The molecular formula is C26H32N2O4S. The van der Waals surface area contributed by atoms with E-state index in [2.05, 4.69) is 24.1 Å². The van der Waals surface area contributed by atoms with E-state index < -0.39 is 15.4 Å². The summed E-state index contributed by atoms with van der Waals surface area (Å²) in [6.45, 7) is 7.69. The van der Waals surface area contributed by atoms with Crippen LogP contribution in [0.1, 0.15) is 51.7 Å². The smallest absolute Gasteiger partial charge is 0.221 e. The zero-order valence-corrected chi connectivity index (χ0v) is 20.5. The molecule has 6 nitrogen and oxygen atoms in total. The summed E-state index contributed by atoms with van der Waals surface area (Å²) in [6.07, 6.45) is 5.84. The minimum atomic E-state index is -3.37. The summed E-state index contributed by atoms with van der Waals surface area (Å²) in [4.78, 5) is 13.8. The van der Waals surface area contributed by atoms with Crippen molar-refractivity contribution in [2.45, 2.75) is 69.7 Å². The summed E-state index contributed by atoms with van der Waals surface area (Å²) in [6, 6.07) is 13.2. The van der Waals surface area contributed by atoms with Crippen molar-refractivity contribution < 1.29 is 17.9 Å². The van der Waals surface area contributed by atoms with Gasteiger partial charge in [-0.25, -0.2) is 8.42 Å². The van der Waals surface area contributed by atoms with Crippen LogP contribution in [-0.4, -0.2) is 37.9 Å². The highest BCUT2D eigenvalue weighted by Gasteiger charge is 2.52. The van der Waals surface area contributed by atoms with Crippen molar-refractivity contribution in [3.8, 4) is 0 Å². The number of anilines is 2. The molecule has 1 fully saturated rings. The largest absolute Gasteiger partial charge is 0.348 e. The Balaban J connectivity index is 1.59. The normalized spacial score (nSPS) is 21.3. The van der Waals surface area contributed by atoms with Crippen molar-refractivity contribution in [3.63, 3.8) is 0 Å². The summed E-state index contributed by atoms with van der Waals surface area (Å²) >= 11 is 0. The van der Waals surface area contributed by atoms with Crippen molar-refractivity contribution >= 4 is 33.2 Å². The molecule has 4 rings (SSSR count). The SMILES string of the molecule is CCCCS(=O)(=O)c1cccc2c1N1C(C2)OC(C=Cc2ccc(NC(C)=O)cc2)C1(C)C. The van der Waals surface area contributed by atoms with Gasteiger partial charge in [-0.15, -0.1) is 0 Å². The van der Waals surface area contributed by atoms with Crippen LogP contribution in [0.4, 0.5) is 11.4 Å². The second-order valence-electron chi connectivity index (χ2n) is 9.34. The van der Waals surface area contributed by atoms with Gasteiger partial charge in [0.25, 0.3) is 0 Å². The summed E-state index contributed by atoms with van der Waals surface area (Å²) in [5.74, 6) is 0.0636. The van der Waals surface area contributed by atoms with E-state index in [1.54, 1.807) is 6.07 Å². The van der Waals surface area contributed by atoms with E-state index in [1.807, 2.05) is 55.5 Å². The molecule has 176 valence electrons.